The monoisotopic (exact) mass is 284 g/mol. The Hall–Kier alpha value is -0.870. The third-order valence-corrected chi connectivity index (χ3v) is 2.76. The van der Waals surface area contributed by atoms with Crippen molar-refractivity contribution in [2.45, 2.75) is 6.92 Å². The highest BCUT2D eigenvalue weighted by Gasteiger charge is 2.02. The summed E-state index contributed by atoms with van der Waals surface area (Å²) in [7, 11) is 1.67. The number of ether oxygens (including phenoxy) is 1. The van der Waals surface area contributed by atoms with Gasteiger partial charge >= 0.3 is 0 Å². The van der Waals surface area contributed by atoms with E-state index in [0.717, 1.165) is 22.0 Å². The Balaban J connectivity index is 0.00000112. The number of methoxy groups -OCH3 is 1. The van der Waals surface area contributed by atoms with Gasteiger partial charge in [-0.1, -0.05) is 12.1 Å². The number of hydrogen-bond donors (Lipinski definition) is 0. The highest BCUT2D eigenvalue weighted by atomic mass is 79.9. The summed E-state index contributed by atoms with van der Waals surface area (Å²) in [5.41, 5.74) is 2.13. The smallest absolute Gasteiger partial charge is 0.119 e. The lowest BCUT2D eigenvalue weighted by molar-refractivity contribution is -0.00000321. The molecule has 0 aliphatic heterocycles. The van der Waals surface area contributed by atoms with Crippen LogP contribution in [-0.2, 0) is 0 Å². The van der Waals surface area contributed by atoms with Crippen LogP contribution >= 0.6 is 11.3 Å². The molecule has 0 aliphatic rings. The highest BCUT2D eigenvalue weighted by molar-refractivity contribution is 7.09. The molecule has 1 aromatic carbocycles. The maximum Gasteiger partial charge on any atom is 0.119 e. The van der Waals surface area contributed by atoms with Gasteiger partial charge in [-0.2, -0.15) is 0 Å². The molecule has 0 saturated carbocycles. The van der Waals surface area contributed by atoms with Crippen LogP contribution in [0.15, 0.2) is 29.6 Å². The standard InChI is InChI=1S/C11H11NOS.BrH/c1-8-12-11(7-14-8)9-4-3-5-10(6-9)13-2;/h3-7H,1-2H3;1H/p-1. The number of aryl methyl sites for hydroxylation is 1. The summed E-state index contributed by atoms with van der Waals surface area (Å²) >= 11 is 1.66. The summed E-state index contributed by atoms with van der Waals surface area (Å²) in [6.07, 6.45) is 0. The summed E-state index contributed by atoms with van der Waals surface area (Å²) in [6.45, 7) is 2.01. The van der Waals surface area contributed by atoms with Crippen molar-refractivity contribution in [3.8, 4) is 17.0 Å². The Bertz CT molecular complexity index is 442. The predicted molar refractivity (Wildman–Crippen MR) is 58.8 cm³/mol. The maximum atomic E-state index is 5.16. The number of benzene rings is 1. The first-order valence-corrected chi connectivity index (χ1v) is 5.24. The first-order valence-electron chi connectivity index (χ1n) is 4.36. The Kier molecular flexibility index (Phi) is 4.29. The van der Waals surface area contributed by atoms with Crippen molar-refractivity contribution in [2.75, 3.05) is 7.11 Å². The van der Waals surface area contributed by atoms with E-state index in [9.17, 15) is 0 Å². The Morgan fingerprint density at radius 2 is 2.13 bits per heavy atom. The lowest BCUT2D eigenvalue weighted by atomic mass is 10.2. The summed E-state index contributed by atoms with van der Waals surface area (Å²) in [5, 5.41) is 3.15. The third-order valence-electron chi connectivity index (χ3n) is 1.98. The third kappa shape index (κ3) is 2.79. The van der Waals surface area contributed by atoms with Gasteiger partial charge in [0.25, 0.3) is 0 Å². The lowest BCUT2D eigenvalue weighted by Crippen LogP contribution is -3.00. The van der Waals surface area contributed by atoms with E-state index in [4.69, 9.17) is 4.74 Å². The van der Waals surface area contributed by atoms with Gasteiger partial charge in [0.05, 0.1) is 17.8 Å². The van der Waals surface area contributed by atoms with Crippen molar-refractivity contribution in [2.24, 2.45) is 0 Å². The number of halogens is 1. The van der Waals surface area contributed by atoms with Crippen molar-refractivity contribution in [3.05, 3.63) is 34.7 Å². The Morgan fingerprint density at radius 1 is 1.33 bits per heavy atom. The van der Waals surface area contributed by atoms with Crippen LogP contribution in [0.2, 0.25) is 0 Å². The fraction of sp³-hybridized carbons (Fsp3) is 0.182. The van der Waals surface area contributed by atoms with Gasteiger partial charge in [0.1, 0.15) is 5.75 Å². The highest BCUT2D eigenvalue weighted by Crippen LogP contribution is 2.24. The quantitative estimate of drug-likeness (QED) is 0.782. The minimum Gasteiger partial charge on any atom is -1.00 e. The normalized spacial score (nSPS) is 9.47. The van der Waals surface area contributed by atoms with Gasteiger partial charge in [0.2, 0.25) is 0 Å². The fourth-order valence-electron chi connectivity index (χ4n) is 1.28. The largest absolute Gasteiger partial charge is 1.00 e. The topological polar surface area (TPSA) is 22.1 Å². The van der Waals surface area contributed by atoms with Crippen LogP contribution in [0.25, 0.3) is 11.3 Å². The van der Waals surface area contributed by atoms with Crippen LogP contribution in [-0.4, -0.2) is 12.1 Å². The van der Waals surface area contributed by atoms with Gasteiger partial charge in [-0.25, -0.2) is 4.98 Å². The average molecular weight is 285 g/mol. The molecule has 0 aliphatic carbocycles. The summed E-state index contributed by atoms with van der Waals surface area (Å²) in [5.74, 6) is 0.869. The molecule has 0 saturated heterocycles. The number of aromatic nitrogens is 1. The molecule has 0 unspecified atom stereocenters. The predicted octanol–water partition coefficient (Wildman–Crippen LogP) is 0.131. The van der Waals surface area contributed by atoms with Crippen molar-refractivity contribution in [3.63, 3.8) is 0 Å². The van der Waals surface area contributed by atoms with E-state index in [1.54, 1.807) is 18.4 Å². The molecule has 2 rings (SSSR count). The molecule has 0 N–H and O–H groups in total. The number of rotatable bonds is 2. The zero-order chi connectivity index (χ0) is 9.97. The zero-order valence-electron chi connectivity index (χ0n) is 8.53. The van der Waals surface area contributed by atoms with Crippen LogP contribution < -0.4 is 21.7 Å². The van der Waals surface area contributed by atoms with E-state index < -0.39 is 0 Å². The van der Waals surface area contributed by atoms with Gasteiger partial charge in [-0.3, -0.25) is 0 Å². The second-order valence-corrected chi connectivity index (χ2v) is 4.05. The molecular weight excluding hydrogens is 274 g/mol. The van der Waals surface area contributed by atoms with E-state index in [0.29, 0.717) is 0 Å². The molecule has 0 fully saturated rings. The first-order chi connectivity index (χ1) is 6.79. The van der Waals surface area contributed by atoms with E-state index in [2.05, 4.69) is 10.4 Å². The summed E-state index contributed by atoms with van der Waals surface area (Å²) < 4.78 is 5.16. The molecule has 0 amide bonds. The molecule has 2 nitrogen and oxygen atoms in total. The van der Waals surface area contributed by atoms with Crippen molar-refractivity contribution in [1.29, 1.82) is 0 Å². The number of hydrogen-bond acceptors (Lipinski definition) is 3. The van der Waals surface area contributed by atoms with Gasteiger partial charge in [-0.05, 0) is 19.1 Å². The molecule has 0 spiro atoms. The van der Waals surface area contributed by atoms with E-state index in [1.807, 2.05) is 31.2 Å². The van der Waals surface area contributed by atoms with Crippen LogP contribution in [0.4, 0.5) is 0 Å². The molecule has 1 aromatic heterocycles. The fourth-order valence-corrected chi connectivity index (χ4v) is 1.90. The van der Waals surface area contributed by atoms with Crippen molar-refractivity contribution < 1.29 is 21.7 Å². The van der Waals surface area contributed by atoms with E-state index in [1.165, 1.54) is 0 Å². The number of thiazole rings is 1. The molecule has 4 heteroatoms. The van der Waals surface area contributed by atoms with Crippen LogP contribution in [0, 0.1) is 6.92 Å². The maximum absolute atomic E-state index is 5.16. The van der Waals surface area contributed by atoms with Crippen molar-refractivity contribution in [1.82, 2.24) is 4.98 Å². The van der Waals surface area contributed by atoms with Crippen LogP contribution in [0.5, 0.6) is 5.75 Å². The van der Waals surface area contributed by atoms with Crippen LogP contribution in [0.1, 0.15) is 5.01 Å². The molecule has 15 heavy (non-hydrogen) atoms. The summed E-state index contributed by atoms with van der Waals surface area (Å²) in [6, 6.07) is 7.94. The molecule has 80 valence electrons. The van der Waals surface area contributed by atoms with E-state index in [-0.39, 0.29) is 17.0 Å². The zero-order valence-corrected chi connectivity index (χ0v) is 10.9. The second kappa shape index (κ2) is 5.28. The minimum atomic E-state index is 0. The molecule has 0 atom stereocenters. The SMILES string of the molecule is COc1cccc(-c2csc(C)n2)c1.[Br-]. The molecular formula is C11H11BrNOS-. The Labute approximate surface area is 104 Å². The van der Waals surface area contributed by atoms with Gasteiger partial charge in [0.15, 0.2) is 0 Å². The van der Waals surface area contributed by atoms with Crippen molar-refractivity contribution >= 4 is 11.3 Å². The minimum absolute atomic E-state index is 0. The van der Waals surface area contributed by atoms with E-state index >= 15 is 0 Å². The first kappa shape index (κ1) is 12.2. The molecule has 2 aromatic rings. The van der Waals surface area contributed by atoms with Gasteiger partial charge in [0, 0.05) is 10.9 Å². The molecule has 0 radical (unpaired) electrons. The summed E-state index contributed by atoms with van der Waals surface area (Å²) in [4.78, 5) is 4.42. The number of nitrogens with zero attached hydrogens (tertiary/aromatic N) is 1. The second-order valence-electron chi connectivity index (χ2n) is 2.98. The van der Waals surface area contributed by atoms with Gasteiger partial charge < -0.3 is 21.7 Å². The average Bonchev–Trinajstić information content (AvgIpc) is 2.65. The molecule has 1 heterocycles. The Morgan fingerprint density at radius 3 is 2.73 bits per heavy atom. The lowest BCUT2D eigenvalue weighted by Gasteiger charge is -2.01. The molecule has 0 bridgehead atoms. The van der Waals surface area contributed by atoms with Gasteiger partial charge in [-0.15, -0.1) is 11.3 Å². The van der Waals surface area contributed by atoms with Crippen LogP contribution in [0.3, 0.4) is 0 Å².